The van der Waals surface area contributed by atoms with Crippen LogP contribution in [0.15, 0.2) is 52.7 Å². The van der Waals surface area contributed by atoms with Crippen LogP contribution in [0, 0.1) is 3.57 Å². The van der Waals surface area contributed by atoms with Crippen LogP contribution < -0.4 is 5.73 Å². The highest BCUT2D eigenvalue weighted by Crippen LogP contribution is 2.36. The van der Waals surface area contributed by atoms with Crippen molar-refractivity contribution in [3.8, 4) is 5.88 Å². The van der Waals surface area contributed by atoms with Gasteiger partial charge < -0.3 is 20.9 Å². The zero-order valence-electron chi connectivity index (χ0n) is 13.6. The molecular weight excluding hydrogens is 451 g/mol. The van der Waals surface area contributed by atoms with Gasteiger partial charge in [0.25, 0.3) is 11.9 Å². The Morgan fingerprint density at radius 2 is 1.77 bits per heavy atom. The molecule has 1 heterocycles. The number of nitrogen functional groups attached to an aromatic ring is 1. The highest BCUT2D eigenvalue weighted by Gasteiger charge is 2.12. The number of aliphatic carboxylic acids is 1. The zero-order chi connectivity index (χ0) is 19.3. The summed E-state index contributed by atoms with van der Waals surface area (Å²) in [5.74, 6) is -1.45. The Bertz CT molecular complexity index is 976. The van der Waals surface area contributed by atoms with Gasteiger partial charge >= 0.3 is 0 Å². The second-order valence-corrected chi connectivity index (χ2v) is 6.40. The number of nitrogens with one attached hydrogen (secondary N) is 1. The Morgan fingerprint density at radius 3 is 2.38 bits per heavy atom. The molecule has 9 heteroatoms. The third-order valence-electron chi connectivity index (χ3n) is 3.11. The van der Waals surface area contributed by atoms with E-state index < -0.39 is 11.9 Å². The molecule has 0 aliphatic heterocycles. The van der Waals surface area contributed by atoms with Crippen LogP contribution in [0.3, 0.4) is 0 Å². The van der Waals surface area contributed by atoms with Crippen molar-refractivity contribution in [3.63, 3.8) is 0 Å². The minimum absolute atomic E-state index is 0.120. The van der Waals surface area contributed by atoms with Gasteiger partial charge in [-0.3, -0.25) is 9.59 Å². The van der Waals surface area contributed by atoms with Crippen molar-refractivity contribution in [1.82, 2.24) is 4.98 Å². The number of carbonyl (C=O) groups is 2. The Morgan fingerprint density at radius 1 is 1.15 bits per heavy atom. The van der Waals surface area contributed by atoms with Crippen LogP contribution >= 0.6 is 22.6 Å². The molecule has 26 heavy (non-hydrogen) atoms. The second kappa shape index (κ2) is 8.43. The lowest BCUT2D eigenvalue weighted by Gasteiger charge is -1.96. The molecule has 3 rings (SSSR count). The van der Waals surface area contributed by atoms with Crippen molar-refractivity contribution in [2.24, 2.45) is 10.2 Å². The number of halogens is 1. The van der Waals surface area contributed by atoms with Crippen LogP contribution in [-0.2, 0) is 4.79 Å². The van der Waals surface area contributed by atoms with Gasteiger partial charge in [0, 0.05) is 27.1 Å². The molecule has 8 nitrogen and oxygen atoms in total. The molecule has 0 saturated carbocycles. The number of nitrogens with zero attached hydrogens (tertiary/aromatic N) is 2. The number of anilines is 1. The van der Waals surface area contributed by atoms with E-state index in [2.05, 4.69) is 37.8 Å². The predicted octanol–water partition coefficient (Wildman–Crippen LogP) is 4.08. The van der Waals surface area contributed by atoms with Gasteiger partial charge in [0.2, 0.25) is 5.88 Å². The number of aromatic nitrogens is 1. The fourth-order valence-electron chi connectivity index (χ4n) is 2.02. The molecule has 1 aromatic heterocycles. The second-order valence-electron chi connectivity index (χ2n) is 5.16. The third-order valence-corrected chi connectivity index (χ3v) is 3.78. The quantitative estimate of drug-likeness (QED) is 0.256. The number of carbonyl (C=O) groups excluding carboxylic acids is 1. The van der Waals surface area contributed by atoms with Crippen molar-refractivity contribution in [1.29, 1.82) is 0 Å². The van der Waals surface area contributed by atoms with Crippen molar-refractivity contribution in [2.45, 2.75) is 6.92 Å². The lowest BCUT2D eigenvalue weighted by Crippen LogP contribution is -1.94. The van der Waals surface area contributed by atoms with Crippen molar-refractivity contribution in [2.75, 3.05) is 5.73 Å². The number of benzene rings is 2. The molecule has 0 unspecified atom stereocenters. The number of H-pyrrole nitrogens is 1. The number of fused-ring (bicyclic) bond motifs is 1. The van der Waals surface area contributed by atoms with Gasteiger partial charge in [0.15, 0.2) is 5.69 Å². The van der Waals surface area contributed by atoms with Gasteiger partial charge in [-0.2, -0.15) is 0 Å². The molecule has 0 radical (unpaired) electrons. The lowest BCUT2D eigenvalue weighted by molar-refractivity contribution is -0.134. The maximum atomic E-state index is 12.0. The largest absolute Gasteiger partial charge is 0.493 e. The molecule has 3 aromatic rings. The van der Waals surface area contributed by atoms with Gasteiger partial charge in [0.05, 0.1) is 5.52 Å². The molecule has 134 valence electrons. The number of carboxylic acids is 1. The lowest BCUT2D eigenvalue weighted by atomic mass is 10.2. The summed E-state index contributed by atoms with van der Waals surface area (Å²) in [6, 6.07) is 12.0. The molecule has 0 saturated heterocycles. The highest BCUT2D eigenvalue weighted by atomic mass is 127. The molecule has 5 N–H and O–H groups in total. The summed E-state index contributed by atoms with van der Waals surface area (Å²) in [5.41, 5.74) is 7.50. The van der Waals surface area contributed by atoms with E-state index in [-0.39, 0.29) is 11.6 Å². The van der Waals surface area contributed by atoms with Crippen LogP contribution in [0.4, 0.5) is 11.4 Å². The SMILES string of the molecule is CC(=O)O.Nc1ccc(C(=O)N=Nc2c(O)[nH]c3ccc(I)cc23)cc1. The van der Waals surface area contributed by atoms with E-state index in [0.717, 1.165) is 16.0 Å². The maximum Gasteiger partial charge on any atom is 0.300 e. The molecule has 0 fully saturated rings. The molecule has 0 bridgehead atoms. The highest BCUT2D eigenvalue weighted by molar-refractivity contribution is 14.1. The van der Waals surface area contributed by atoms with E-state index in [0.29, 0.717) is 16.6 Å². The van der Waals surface area contributed by atoms with E-state index >= 15 is 0 Å². The van der Waals surface area contributed by atoms with Gasteiger partial charge in [-0.1, -0.05) is 0 Å². The number of nitrogens with two attached hydrogens (primary N) is 1. The molecule has 1 amide bonds. The van der Waals surface area contributed by atoms with Gasteiger partial charge in [-0.05, 0) is 65.1 Å². The normalized spacial score (nSPS) is 10.5. The number of hydrogen-bond donors (Lipinski definition) is 4. The third kappa shape index (κ3) is 5.02. The van der Waals surface area contributed by atoms with E-state index in [9.17, 15) is 9.90 Å². The monoisotopic (exact) mass is 466 g/mol. The van der Waals surface area contributed by atoms with Crippen molar-refractivity contribution >= 4 is 56.7 Å². The number of rotatable bonds is 2. The summed E-state index contributed by atoms with van der Waals surface area (Å²) >= 11 is 2.16. The fourth-order valence-corrected chi connectivity index (χ4v) is 2.51. The summed E-state index contributed by atoms with van der Waals surface area (Å²) in [7, 11) is 0. The number of aromatic hydroxyl groups is 1. The summed E-state index contributed by atoms with van der Waals surface area (Å²) < 4.78 is 0.991. The van der Waals surface area contributed by atoms with Crippen molar-refractivity contribution in [3.05, 3.63) is 51.6 Å². The summed E-state index contributed by atoms with van der Waals surface area (Å²) in [4.78, 5) is 23.8. The minimum Gasteiger partial charge on any atom is -0.493 e. The summed E-state index contributed by atoms with van der Waals surface area (Å²) in [6.07, 6.45) is 0. The maximum absolute atomic E-state index is 12.0. The van der Waals surface area contributed by atoms with Crippen LogP contribution in [0.5, 0.6) is 5.88 Å². The number of aromatic amines is 1. The number of carboxylic acid groups (broad SMARTS) is 1. The van der Waals surface area contributed by atoms with Crippen LogP contribution in [-0.4, -0.2) is 27.1 Å². The smallest absolute Gasteiger partial charge is 0.300 e. The summed E-state index contributed by atoms with van der Waals surface area (Å²) in [5, 5.41) is 25.6. The van der Waals surface area contributed by atoms with Gasteiger partial charge in [-0.15, -0.1) is 10.2 Å². The average molecular weight is 466 g/mol. The van der Waals surface area contributed by atoms with E-state index in [1.165, 1.54) is 0 Å². The Labute approximate surface area is 161 Å². The molecule has 0 atom stereocenters. The molecule has 2 aromatic carbocycles. The molecule has 0 spiro atoms. The average Bonchev–Trinajstić information content (AvgIpc) is 2.87. The van der Waals surface area contributed by atoms with Gasteiger partial charge in [0.1, 0.15) is 0 Å². The van der Waals surface area contributed by atoms with Crippen LogP contribution in [0.1, 0.15) is 17.3 Å². The first-order valence-electron chi connectivity index (χ1n) is 7.29. The van der Waals surface area contributed by atoms with Crippen molar-refractivity contribution < 1.29 is 19.8 Å². The first-order chi connectivity index (χ1) is 12.3. The van der Waals surface area contributed by atoms with Crippen LogP contribution in [0.25, 0.3) is 10.9 Å². The Kier molecular flexibility index (Phi) is 6.28. The number of azo groups is 1. The standard InChI is InChI=1S/C15H11IN4O2.C2H4O2/c16-9-3-6-12-11(7-9)13(15(22)18-12)19-20-14(21)8-1-4-10(17)5-2-8;1-2(3)4/h1-7,18,22H,17H2;1H3,(H,3,4). The molecular formula is C17H15IN4O4. The Hall–Kier alpha value is -2.95. The van der Waals surface area contributed by atoms with Crippen LogP contribution in [0.2, 0.25) is 0 Å². The first-order valence-corrected chi connectivity index (χ1v) is 8.37. The van der Waals surface area contributed by atoms with E-state index in [1.807, 2.05) is 18.2 Å². The summed E-state index contributed by atoms with van der Waals surface area (Å²) in [6.45, 7) is 1.08. The molecule has 0 aliphatic rings. The topological polar surface area (TPSA) is 141 Å². The zero-order valence-corrected chi connectivity index (χ0v) is 15.8. The molecule has 0 aliphatic carbocycles. The van der Waals surface area contributed by atoms with E-state index in [1.54, 1.807) is 24.3 Å². The minimum atomic E-state index is -0.833. The van der Waals surface area contributed by atoms with E-state index in [4.69, 9.17) is 15.6 Å². The number of hydrogen-bond acceptors (Lipinski definition) is 5. The number of amides is 1. The fraction of sp³-hybridized carbons (Fsp3) is 0.0588. The first kappa shape index (κ1) is 19.4. The predicted molar refractivity (Wildman–Crippen MR) is 106 cm³/mol. The van der Waals surface area contributed by atoms with Gasteiger partial charge in [-0.25, -0.2) is 0 Å². The Balaban J connectivity index is 0.000000552.